The lowest BCUT2D eigenvalue weighted by Gasteiger charge is -2.17. The van der Waals surface area contributed by atoms with E-state index in [2.05, 4.69) is 0 Å². The molecule has 0 aliphatic rings. The molecule has 0 saturated carbocycles. The van der Waals surface area contributed by atoms with Crippen LogP contribution in [0.5, 0.6) is 5.75 Å². The Balaban J connectivity index is 1.91. The Morgan fingerprint density at radius 2 is 1.25 bits per heavy atom. The Morgan fingerprint density at radius 3 is 1.94 bits per heavy atom. The minimum Gasteiger partial charge on any atom is -0.506 e. The fourth-order valence-electron chi connectivity index (χ4n) is 3.86. The minimum atomic E-state index is -0.328. The van der Waals surface area contributed by atoms with Gasteiger partial charge < -0.3 is 5.11 Å². The summed E-state index contributed by atoms with van der Waals surface area (Å²) in [7, 11) is 0. The van der Waals surface area contributed by atoms with E-state index in [4.69, 9.17) is 4.99 Å². The molecule has 0 unspecified atom stereocenters. The van der Waals surface area contributed by atoms with Gasteiger partial charge in [0.1, 0.15) is 11.6 Å². The summed E-state index contributed by atoms with van der Waals surface area (Å²) < 4.78 is 1.60. The molecule has 0 atom stereocenters. The van der Waals surface area contributed by atoms with Crippen LogP contribution in [0.2, 0.25) is 0 Å². The van der Waals surface area contributed by atoms with Gasteiger partial charge in [0.2, 0.25) is 0 Å². The molecule has 4 aromatic carbocycles. The molecule has 0 fully saturated rings. The molecule has 0 saturated heterocycles. The number of fused-ring (bicyclic) bond motifs is 1. The molecule has 4 heteroatoms. The summed E-state index contributed by atoms with van der Waals surface area (Å²) >= 11 is 0. The normalized spacial score (nSPS) is 11.6. The van der Waals surface area contributed by atoms with E-state index in [1.54, 1.807) is 4.57 Å². The number of para-hydroxylation sites is 2. The number of aromatic hydroxyl groups is 1. The van der Waals surface area contributed by atoms with Crippen LogP contribution in [0.4, 0.5) is 5.69 Å². The predicted octanol–water partition coefficient (Wildman–Crippen LogP) is 6.00. The van der Waals surface area contributed by atoms with Crippen molar-refractivity contribution < 1.29 is 5.11 Å². The molecule has 154 valence electrons. The Kier molecular flexibility index (Phi) is 5.10. The number of nitrogens with zero attached hydrogens (tertiary/aromatic N) is 2. The lowest BCUT2D eigenvalue weighted by molar-refractivity contribution is 0.482. The third-order valence-electron chi connectivity index (χ3n) is 5.35. The lowest BCUT2D eigenvalue weighted by atomic mass is 10.0. The van der Waals surface area contributed by atoms with Gasteiger partial charge in [-0.15, -0.1) is 0 Å². The predicted molar refractivity (Wildman–Crippen MR) is 130 cm³/mol. The molecule has 1 heterocycles. The van der Waals surface area contributed by atoms with Gasteiger partial charge >= 0.3 is 0 Å². The average molecular weight is 416 g/mol. The van der Waals surface area contributed by atoms with Crippen molar-refractivity contribution in [2.45, 2.75) is 0 Å². The summed E-state index contributed by atoms with van der Waals surface area (Å²) in [5.74, 6) is 0.468. The first kappa shape index (κ1) is 19.5. The number of aromatic nitrogens is 1. The third-order valence-corrected chi connectivity index (χ3v) is 5.35. The van der Waals surface area contributed by atoms with Crippen LogP contribution in [0.3, 0.4) is 0 Å². The first-order chi connectivity index (χ1) is 15.7. The fourth-order valence-corrected chi connectivity index (χ4v) is 3.86. The zero-order valence-corrected chi connectivity index (χ0v) is 17.2. The van der Waals surface area contributed by atoms with Crippen molar-refractivity contribution in [2.75, 3.05) is 0 Å². The number of benzene rings is 4. The first-order valence-electron chi connectivity index (χ1n) is 10.4. The van der Waals surface area contributed by atoms with Crippen LogP contribution < -0.4 is 5.56 Å². The molecular weight excluding hydrogens is 396 g/mol. The zero-order valence-electron chi connectivity index (χ0n) is 17.2. The van der Waals surface area contributed by atoms with E-state index in [0.29, 0.717) is 22.3 Å². The van der Waals surface area contributed by atoms with Crippen LogP contribution >= 0.6 is 0 Å². The largest absolute Gasteiger partial charge is 0.506 e. The van der Waals surface area contributed by atoms with Crippen molar-refractivity contribution in [1.82, 2.24) is 4.57 Å². The smallest absolute Gasteiger partial charge is 0.268 e. The second-order valence-corrected chi connectivity index (χ2v) is 7.38. The zero-order chi connectivity index (χ0) is 21.9. The van der Waals surface area contributed by atoms with E-state index >= 15 is 0 Å². The Bertz CT molecular complexity index is 1470. The molecule has 5 aromatic rings. The molecule has 4 nitrogen and oxygen atoms in total. The van der Waals surface area contributed by atoms with E-state index in [1.165, 1.54) is 0 Å². The molecule has 32 heavy (non-hydrogen) atoms. The van der Waals surface area contributed by atoms with Crippen LogP contribution in [-0.4, -0.2) is 15.5 Å². The third kappa shape index (κ3) is 3.48. The SMILES string of the molecule is O=c1c(-c2ccccc2)c(O)c2ccccc2n1C(=Nc1ccccc1)c1ccccc1. The summed E-state index contributed by atoms with van der Waals surface area (Å²) in [5, 5.41) is 11.7. The van der Waals surface area contributed by atoms with E-state index in [-0.39, 0.29) is 16.9 Å². The molecule has 0 spiro atoms. The quantitative estimate of drug-likeness (QED) is 0.290. The maximum atomic E-state index is 13.9. The number of hydrogen-bond donors (Lipinski definition) is 1. The van der Waals surface area contributed by atoms with Crippen molar-refractivity contribution in [1.29, 1.82) is 0 Å². The Hall–Kier alpha value is -4.44. The summed E-state index contributed by atoms with van der Waals surface area (Å²) in [6, 6.07) is 35.7. The lowest BCUT2D eigenvalue weighted by Crippen LogP contribution is -2.29. The number of rotatable bonds is 3. The average Bonchev–Trinajstić information content (AvgIpc) is 2.85. The van der Waals surface area contributed by atoms with Crippen molar-refractivity contribution in [3.05, 3.63) is 131 Å². The van der Waals surface area contributed by atoms with Crippen LogP contribution in [-0.2, 0) is 0 Å². The molecule has 0 bridgehead atoms. The summed E-state index contributed by atoms with van der Waals surface area (Å²) in [4.78, 5) is 18.8. The van der Waals surface area contributed by atoms with Crippen molar-refractivity contribution in [2.24, 2.45) is 4.99 Å². The molecule has 1 N–H and O–H groups in total. The second-order valence-electron chi connectivity index (χ2n) is 7.38. The van der Waals surface area contributed by atoms with Crippen LogP contribution in [0.15, 0.2) is 125 Å². The topological polar surface area (TPSA) is 54.6 Å². The van der Waals surface area contributed by atoms with Gasteiger partial charge in [0, 0.05) is 10.9 Å². The standard InChI is InChI=1S/C28H20N2O2/c31-26-23-18-10-11-19-24(23)30(28(32)25(26)20-12-4-1-5-13-20)27(21-14-6-2-7-15-21)29-22-16-8-3-9-17-22/h1-19,31H. The van der Waals surface area contributed by atoms with E-state index < -0.39 is 0 Å². The van der Waals surface area contributed by atoms with Gasteiger partial charge in [-0.3, -0.25) is 9.36 Å². The molecule has 0 aliphatic heterocycles. The Labute approximate surface area is 185 Å². The second kappa shape index (κ2) is 8.36. The maximum absolute atomic E-state index is 13.9. The summed E-state index contributed by atoms with van der Waals surface area (Å²) in [6.07, 6.45) is 0. The minimum absolute atomic E-state index is 0.0276. The van der Waals surface area contributed by atoms with E-state index in [1.807, 2.05) is 115 Å². The highest BCUT2D eigenvalue weighted by atomic mass is 16.3. The highest BCUT2D eigenvalue weighted by molar-refractivity contribution is 6.08. The van der Waals surface area contributed by atoms with Crippen molar-refractivity contribution in [3.8, 4) is 16.9 Å². The van der Waals surface area contributed by atoms with Gasteiger partial charge in [-0.25, -0.2) is 4.99 Å². The van der Waals surface area contributed by atoms with E-state index in [0.717, 1.165) is 11.3 Å². The number of pyridine rings is 1. The summed E-state index contributed by atoms with van der Waals surface area (Å²) in [6.45, 7) is 0. The molecule has 1 aromatic heterocycles. The number of hydrogen-bond acceptors (Lipinski definition) is 3. The van der Waals surface area contributed by atoms with Crippen LogP contribution in [0.25, 0.3) is 22.0 Å². The highest BCUT2D eigenvalue weighted by Gasteiger charge is 2.21. The van der Waals surface area contributed by atoms with Gasteiger partial charge in [-0.2, -0.15) is 0 Å². The van der Waals surface area contributed by atoms with Gasteiger partial charge in [-0.1, -0.05) is 91.0 Å². The molecule has 0 amide bonds. The maximum Gasteiger partial charge on any atom is 0.268 e. The number of aliphatic imine (C=N–C) groups is 1. The molecule has 5 rings (SSSR count). The van der Waals surface area contributed by atoms with Gasteiger partial charge in [0.25, 0.3) is 5.56 Å². The van der Waals surface area contributed by atoms with Gasteiger partial charge in [0.15, 0.2) is 0 Å². The van der Waals surface area contributed by atoms with Crippen LogP contribution in [0.1, 0.15) is 5.56 Å². The Morgan fingerprint density at radius 1 is 0.688 bits per heavy atom. The fraction of sp³-hybridized carbons (Fsp3) is 0. The summed E-state index contributed by atoms with van der Waals surface area (Å²) in [5.41, 5.74) is 2.70. The van der Waals surface area contributed by atoms with Gasteiger partial charge in [-0.05, 0) is 29.8 Å². The van der Waals surface area contributed by atoms with Gasteiger partial charge in [0.05, 0.1) is 16.8 Å². The highest BCUT2D eigenvalue weighted by Crippen LogP contribution is 2.33. The molecular formula is C28H20N2O2. The van der Waals surface area contributed by atoms with Crippen molar-refractivity contribution in [3.63, 3.8) is 0 Å². The first-order valence-corrected chi connectivity index (χ1v) is 10.4. The van der Waals surface area contributed by atoms with Crippen LogP contribution in [0, 0.1) is 0 Å². The van der Waals surface area contributed by atoms with E-state index in [9.17, 15) is 9.90 Å². The molecule has 0 radical (unpaired) electrons. The molecule has 0 aliphatic carbocycles. The van der Waals surface area contributed by atoms with Crippen molar-refractivity contribution >= 4 is 22.4 Å². The monoisotopic (exact) mass is 416 g/mol.